The van der Waals surface area contributed by atoms with Crippen LogP contribution in [0.1, 0.15) is 52.9 Å². The minimum absolute atomic E-state index is 0.218. The smallest absolute Gasteiger partial charge is 0.222 e. The second kappa shape index (κ2) is 7.10. The molecule has 122 valence electrons. The summed E-state index contributed by atoms with van der Waals surface area (Å²) in [5.74, 6) is 1.67. The fraction of sp³-hybridized carbons (Fsp3) is 0.941. The summed E-state index contributed by atoms with van der Waals surface area (Å²) in [5, 5.41) is 0. The van der Waals surface area contributed by atoms with Gasteiger partial charge in [0.15, 0.2) is 0 Å². The average Bonchev–Trinajstić information content (AvgIpc) is 2.47. The second-order valence-electron chi connectivity index (χ2n) is 7.87. The first-order valence-corrected chi connectivity index (χ1v) is 8.63. The van der Waals surface area contributed by atoms with Gasteiger partial charge in [-0.3, -0.25) is 9.69 Å². The summed E-state index contributed by atoms with van der Waals surface area (Å²) in [6.07, 6.45) is 5.57. The van der Waals surface area contributed by atoms with Crippen molar-refractivity contribution in [2.24, 2.45) is 17.6 Å². The minimum atomic E-state index is 0.218. The molecule has 0 atom stereocenters. The van der Waals surface area contributed by atoms with Crippen LogP contribution in [0.5, 0.6) is 0 Å². The van der Waals surface area contributed by atoms with E-state index in [4.69, 9.17) is 5.73 Å². The Balaban J connectivity index is 1.73. The van der Waals surface area contributed by atoms with Crippen molar-refractivity contribution in [2.45, 2.75) is 58.4 Å². The molecule has 0 unspecified atom stereocenters. The van der Waals surface area contributed by atoms with Crippen LogP contribution in [0.25, 0.3) is 0 Å². The van der Waals surface area contributed by atoms with Crippen molar-refractivity contribution >= 4 is 5.91 Å². The Morgan fingerprint density at radius 2 is 1.52 bits per heavy atom. The van der Waals surface area contributed by atoms with Crippen molar-refractivity contribution in [3.8, 4) is 0 Å². The Kier molecular flexibility index (Phi) is 5.67. The van der Waals surface area contributed by atoms with Crippen molar-refractivity contribution in [1.82, 2.24) is 9.80 Å². The van der Waals surface area contributed by atoms with Gasteiger partial charge in [0.05, 0.1) is 0 Å². The molecule has 0 aromatic carbocycles. The zero-order chi connectivity index (χ0) is 15.5. The van der Waals surface area contributed by atoms with Crippen molar-refractivity contribution in [3.63, 3.8) is 0 Å². The molecule has 0 spiro atoms. The van der Waals surface area contributed by atoms with E-state index in [9.17, 15) is 4.79 Å². The maximum absolute atomic E-state index is 12.5. The lowest BCUT2D eigenvalue weighted by Gasteiger charge is -2.42. The third-order valence-corrected chi connectivity index (χ3v) is 5.34. The first-order chi connectivity index (χ1) is 9.90. The first kappa shape index (κ1) is 16.8. The molecule has 1 saturated carbocycles. The maximum Gasteiger partial charge on any atom is 0.222 e. The molecule has 0 radical (unpaired) electrons. The Morgan fingerprint density at radius 3 is 2.00 bits per heavy atom. The maximum atomic E-state index is 12.5. The van der Waals surface area contributed by atoms with Gasteiger partial charge < -0.3 is 10.6 Å². The lowest BCUT2D eigenvalue weighted by atomic mass is 9.80. The molecular weight excluding hydrogens is 262 g/mol. The van der Waals surface area contributed by atoms with Crippen LogP contribution < -0.4 is 5.73 Å². The van der Waals surface area contributed by atoms with E-state index < -0.39 is 0 Å². The highest BCUT2D eigenvalue weighted by atomic mass is 16.2. The Hall–Kier alpha value is -0.610. The van der Waals surface area contributed by atoms with Crippen LogP contribution in [0.4, 0.5) is 0 Å². The molecule has 1 saturated heterocycles. The number of carbonyl (C=O) groups is 1. The van der Waals surface area contributed by atoms with Crippen LogP contribution in [0.3, 0.4) is 0 Å². The van der Waals surface area contributed by atoms with E-state index in [2.05, 4.69) is 30.6 Å². The van der Waals surface area contributed by atoms with Crippen LogP contribution in [0.15, 0.2) is 0 Å². The fourth-order valence-corrected chi connectivity index (χ4v) is 3.67. The molecule has 0 aromatic heterocycles. The van der Waals surface area contributed by atoms with Gasteiger partial charge >= 0.3 is 0 Å². The van der Waals surface area contributed by atoms with Gasteiger partial charge in [-0.25, -0.2) is 0 Å². The van der Waals surface area contributed by atoms with Gasteiger partial charge in [-0.2, -0.15) is 0 Å². The fourth-order valence-electron chi connectivity index (χ4n) is 3.67. The number of piperazine rings is 1. The molecule has 2 aliphatic rings. The molecular formula is C17H33N3O. The van der Waals surface area contributed by atoms with Crippen LogP contribution in [-0.4, -0.2) is 54.0 Å². The van der Waals surface area contributed by atoms with E-state index in [0.717, 1.165) is 39.1 Å². The Bertz CT molecular complexity index is 334. The zero-order valence-corrected chi connectivity index (χ0v) is 14.1. The highest BCUT2D eigenvalue weighted by Crippen LogP contribution is 2.30. The van der Waals surface area contributed by atoms with E-state index in [0.29, 0.717) is 17.7 Å². The molecule has 0 bridgehead atoms. The number of hydrogen-bond donors (Lipinski definition) is 1. The zero-order valence-electron chi connectivity index (χ0n) is 14.1. The third-order valence-electron chi connectivity index (χ3n) is 5.34. The normalized spacial score (nSPS) is 28.7. The first-order valence-electron chi connectivity index (χ1n) is 8.63. The summed E-state index contributed by atoms with van der Waals surface area (Å²) in [4.78, 5) is 17.0. The van der Waals surface area contributed by atoms with Gasteiger partial charge in [0.25, 0.3) is 0 Å². The van der Waals surface area contributed by atoms with E-state index in [1.54, 1.807) is 0 Å². The van der Waals surface area contributed by atoms with E-state index >= 15 is 0 Å². The lowest BCUT2D eigenvalue weighted by molar-refractivity contribution is -0.135. The highest BCUT2D eigenvalue weighted by molar-refractivity contribution is 5.76. The predicted octanol–water partition coefficient (Wildman–Crippen LogP) is 2.08. The number of hydrogen-bond acceptors (Lipinski definition) is 3. The molecule has 1 heterocycles. The van der Waals surface area contributed by atoms with Crippen LogP contribution in [0, 0.1) is 11.8 Å². The summed E-state index contributed by atoms with van der Waals surface area (Å²) in [6, 6.07) is 0. The number of amides is 1. The molecule has 0 aromatic rings. The minimum Gasteiger partial charge on any atom is -0.340 e. The molecule has 2 N–H and O–H groups in total. The summed E-state index contributed by atoms with van der Waals surface area (Å²) in [6.45, 7) is 11.4. The van der Waals surface area contributed by atoms with Crippen molar-refractivity contribution in [1.29, 1.82) is 0 Å². The largest absolute Gasteiger partial charge is 0.340 e. The number of carbonyl (C=O) groups excluding carboxylic acids is 1. The summed E-state index contributed by atoms with van der Waals surface area (Å²) in [5.41, 5.74) is 5.95. The molecule has 1 aliphatic heterocycles. The van der Waals surface area contributed by atoms with Gasteiger partial charge in [0.2, 0.25) is 5.91 Å². The van der Waals surface area contributed by atoms with E-state index in [-0.39, 0.29) is 5.54 Å². The summed E-state index contributed by atoms with van der Waals surface area (Å²) in [7, 11) is 0. The van der Waals surface area contributed by atoms with Gasteiger partial charge in [-0.15, -0.1) is 0 Å². The molecule has 2 fully saturated rings. The lowest BCUT2D eigenvalue weighted by Crippen LogP contribution is -2.54. The van der Waals surface area contributed by atoms with Gasteiger partial charge in [-0.05, 0) is 64.8 Å². The molecule has 1 aliphatic carbocycles. The summed E-state index contributed by atoms with van der Waals surface area (Å²) >= 11 is 0. The number of nitrogens with two attached hydrogens (primary N) is 1. The molecule has 4 nitrogen and oxygen atoms in total. The summed E-state index contributed by atoms with van der Waals surface area (Å²) < 4.78 is 0. The van der Waals surface area contributed by atoms with Gasteiger partial charge in [-0.1, -0.05) is 0 Å². The van der Waals surface area contributed by atoms with Crippen LogP contribution in [-0.2, 0) is 4.79 Å². The second-order valence-corrected chi connectivity index (χ2v) is 7.87. The van der Waals surface area contributed by atoms with Crippen LogP contribution >= 0.6 is 0 Å². The number of rotatable bonds is 3. The quantitative estimate of drug-likeness (QED) is 0.867. The standard InChI is InChI=1S/C17H33N3O/c1-17(2,3)20-10-8-19(9-11-20)16(21)12-14-4-6-15(13-18)7-5-14/h14-15H,4-13,18H2,1-3H3. The van der Waals surface area contributed by atoms with Crippen molar-refractivity contribution in [2.75, 3.05) is 32.7 Å². The van der Waals surface area contributed by atoms with E-state index in [1.807, 2.05) is 0 Å². The topological polar surface area (TPSA) is 49.6 Å². The van der Waals surface area contributed by atoms with E-state index in [1.165, 1.54) is 25.7 Å². The Morgan fingerprint density at radius 1 is 1.00 bits per heavy atom. The molecule has 1 amide bonds. The Labute approximate surface area is 130 Å². The molecule has 2 rings (SSSR count). The van der Waals surface area contributed by atoms with Gasteiger partial charge in [0.1, 0.15) is 0 Å². The molecule has 21 heavy (non-hydrogen) atoms. The van der Waals surface area contributed by atoms with Crippen LogP contribution in [0.2, 0.25) is 0 Å². The highest BCUT2D eigenvalue weighted by Gasteiger charge is 2.29. The number of nitrogens with zero attached hydrogens (tertiary/aromatic N) is 2. The molecule has 4 heteroatoms. The van der Waals surface area contributed by atoms with Crippen molar-refractivity contribution < 1.29 is 4.79 Å². The average molecular weight is 295 g/mol. The van der Waals surface area contributed by atoms with Gasteiger partial charge in [0, 0.05) is 38.1 Å². The van der Waals surface area contributed by atoms with Crippen molar-refractivity contribution in [3.05, 3.63) is 0 Å². The monoisotopic (exact) mass is 295 g/mol. The predicted molar refractivity (Wildman–Crippen MR) is 87.0 cm³/mol. The SMILES string of the molecule is CC(C)(C)N1CCN(C(=O)CC2CCC(CN)CC2)CC1. The third kappa shape index (κ3) is 4.68.